The second kappa shape index (κ2) is 11.7. The van der Waals surface area contributed by atoms with Crippen molar-refractivity contribution in [2.45, 2.75) is 25.4 Å². The molecule has 42 heavy (non-hydrogen) atoms. The van der Waals surface area contributed by atoms with Gasteiger partial charge in [0.05, 0.1) is 35.0 Å². The number of benzene rings is 2. The summed E-state index contributed by atoms with van der Waals surface area (Å²) in [5.74, 6) is -1.57. The van der Waals surface area contributed by atoms with Gasteiger partial charge in [0.1, 0.15) is 35.5 Å². The van der Waals surface area contributed by atoms with Crippen molar-refractivity contribution in [1.82, 2.24) is 25.3 Å². The van der Waals surface area contributed by atoms with Gasteiger partial charge in [-0.2, -0.15) is 5.26 Å². The summed E-state index contributed by atoms with van der Waals surface area (Å²) in [7, 11) is 0. The topological polar surface area (TPSA) is 183 Å². The number of nitriles is 1. The number of rotatable bonds is 9. The minimum absolute atomic E-state index is 0.0595. The van der Waals surface area contributed by atoms with Crippen molar-refractivity contribution < 1.29 is 19.1 Å². The number of fused-ring (bicyclic) bond motifs is 1. The Hall–Kier alpha value is -5.83. The Balaban J connectivity index is 1.43. The molecule has 2 unspecified atom stereocenters. The molecule has 5 aromatic rings. The van der Waals surface area contributed by atoms with E-state index >= 15 is 0 Å². The molecule has 3 aromatic heterocycles. The fourth-order valence-electron chi connectivity index (χ4n) is 4.62. The van der Waals surface area contributed by atoms with Gasteiger partial charge in [-0.05, 0) is 41.8 Å². The smallest absolute Gasteiger partial charge is 0.305 e. The number of nitrogens with one attached hydrogen (secondary N) is 3. The number of nitrogen functional groups attached to an aromatic ring is 1. The van der Waals surface area contributed by atoms with Gasteiger partial charge in [0.25, 0.3) is 5.91 Å². The fraction of sp³-hybridized carbons (Fsp3) is 0.133. The highest BCUT2D eigenvalue weighted by Gasteiger charge is 2.22. The van der Waals surface area contributed by atoms with Crippen LogP contribution in [0.2, 0.25) is 0 Å². The van der Waals surface area contributed by atoms with Crippen LogP contribution in [0.5, 0.6) is 0 Å². The van der Waals surface area contributed by atoms with E-state index in [2.05, 4.69) is 30.6 Å². The molecule has 210 valence electrons. The summed E-state index contributed by atoms with van der Waals surface area (Å²) in [6, 6.07) is 15.0. The molecule has 0 aliphatic carbocycles. The second-order valence-corrected chi connectivity index (χ2v) is 9.58. The van der Waals surface area contributed by atoms with Crippen molar-refractivity contribution in [3.05, 3.63) is 101 Å². The maximum atomic E-state index is 13.3. The Bertz CT molecular complexity index is 1810. The van der Waals surface area contributed by atoms with Gasteiger partial charge in [-0.15, -0.1) is 0 Å². The highest BCUT2D eigenvalue weighted by Crippen LogP contribution is 2.32. The number of carbonyl (C=O) groups excluding carboxylic acids is 1. The Labute approximate surface area is 239 Å². The van der Waals surface area contributed by atoms with Gasteiger partial charge in [-0.3, -0.25) is 9.59 Å². The van der Waals surface area contributed by atoms with E-state index in [1.54, 1.807) is 37.4 Å². The van der Waals surface area contributed by atoms with Crippen LogP contribution in [0.25, 0.3) is 22.2 Å². The zero-order valence-electron chi connectivity index (χ0n) is 22.3. The molecule has 1 amide bonds. The monoisotopic (exact) mass is 564 g/mol. The van der Waals surface area contributed by atoms with Crippen molar-refractivity contribution in [3.8, 4) is 17.2 Å². The lowest BCUT2D eigenvalue weighted by Crippen LogP contribution is -2.28. The number of aromatic amines is 1. The number of amides is 1. The van der Waals surface area contributed by atoms with E-state index in [-0.39, 0.29) is 23.4 Å². The first-order valence-corrected chi connectivity index (χ1v) is 12.9. The standard InChI is InChI=1S/C30H25FN8O3/c1-16(18-6-8-21(31)9-7-18)38-30(42)22-10-17(12-32)13-34-28(22)39-24(11-25(40)41)20-4-2-19(3-5-20)23-14-35-29-26(23)27(33)36-15-37-29/h2-10,13-16,24H,11H2,1H3,(H,34,39)(H,38,42)(H,40,41)(H3,33,35,36,37). The molecular formula is C30H25FN8O3. The number of aliphatic carboxylic acids is 1. The fourth-order valence-corrected chi connectivity index (χ4v) is 4.62. The highest BCUT2D eigenvalue weighted by molar-refractivity contribution is 6.00. The number of nitrogens with zero attached hydrogens (tertiary/aromatic N) is 4. The van der Waals surface area contributed by atoms with Crippen LogP contribution in [0.3, 0.4) is 0 Å². The largest absolute Gasteiger partial charge is 0.481 e. The van der Waals surface area contributed by atoms with Crippen LogP contribution in [0.1, 0.15) is 52.5 Å². The van der Waals surface area contributed by atoms with E-state index in [1.165, 1.54) is 30.7 Å². The lowest BCUT2D eigenvalue weighted by Gasteiger charge is -2.21. The molecule has 2 aromatic carbocycles. The maximum Gasteiger partial charge on any atom is 0.305 e. The molecule has 0 fully saturated rings. The molecule has 3 heterocycles. The van der Waals surface area contributed by atoms with Gasteiger partial charge in [-0.25, -0.2) is 19.3 Å². The molecule has 5 rings (SSSR count). The van der Waals surface area contributed by atoms with E-state index in [1.807, 2.05) is 18.2 Å². The predicted octanol–water partition coefficient (Wildman–Crippen LogP) is 4.73. The van der Waals surface area contributed by atoms with Crippen molar-refractivity contribution in [2.75, 3.05) is 11.1 Å². The summed E-state index contributed by atoms with van der Waals surface area (Å²) < 4.78 is 13.3. The first-order chi connectivity index (χ1) is 20.2. The van der Waals surface area contributed by atoms with Crippen molar-refractivity contribution in [3.63, 3.8) is 0 Å². The first kappa shape index (κ1) is 27.7. The molecule has 0 aliphatic rings. The third kappa shape index (κ3) is 5.85. The highest BCUT2D eigenvalue weighted by atomic mass is 19.1. The molecule has 0 bridgehead atoms. The number of carboxylic acid groups (broad SMARTS) is 1. The number of anilines is 2. The molecule has 6 N–H and O–H groups in total. The summed E-state index contributed by atoms with van der Waals surface area (Å²) in [5, 5.41) is 25.7. The molecule has 0 saturated heterocycles. The van der Waals surface area contributed by atoms with E-state index < -0.39 is 29.8 Å². The lowest BCUT2D eigenvalue weighted by atomic mass is 9.98. The van der Waals surface area contributed by atoms with Crippen LogP contribution in [-0.2, 0) is 4.79 Å². The van der Waals surface area contributed by atoms with Crippen LogP contribution in [0.4, 0.5) is 16.0 Å². The number of H-pyrrole nitrogens is 1. The van der Waals surface area contributed by atoms with Crippen LogP contribution in [0, 0.1) is 17.1 Å². The van der Waals surface area contributed by atoms with Crippen molar-refractivity contribution in [2.24, 2.45) is 0 Å². The van der Waals surface area contributed by atoms with Gasteiger partial charge in [0.15, 0.2) is 0 Å². The maximum absolute atomic E-state index is 13.3. The number of hydrogen-bond donors (Lipinski definition) is 5. The Morgan fingerprint density at radius 2 is 1.81 bits per heavy atom. The Kier molecular flexibility index (Phi) is 7.74. The van der Waals surface area contributed by atoms with Gasteiger partial charge >= 0.3 is 5.97 Å². The number of pyridine rings is 1. The summed E-state index contributed by atoms with van der Waals surface area (Å²) in [4.78, 5) is 40.7. The average Bonchev–Trinajstić information content (AvgIpc) is 3.43. The Morgan fingerprint density at radius 3 is 2.50 bits per heavy atom. The van der Waals surface area contributed by atoms with Crippen molar-refractivity contribution in [1.29, 1.82) is 5.26 Å². The van der Waals surface area contributed by atoms with Gasteiger partial charge in [0.2, 0.25) is 0 Å². The summed E-state index contributed by atoms with van der Waals surface area (Å²) in [6.45, 7) is 1.74. The molecular weight excluding hydrogens is 539 g/mol. The van der Waals surface area contributed by atoms with E-state index in [0.29, 0.717) is 28.0 Å². The summed E-state index contributed by atoms with van der Waals surface area (Å²) in [6.07, 6.45) is 4.13. The number of carbonyl (C=O) groups is 2. The molecule has 0 aliphatic heterocycles. The third-order valence-corrected chi connectivity index (χ3v) is 6.79. The predicted molar refractivity (Wildman–Crippen MR) is 154 cm³/mol. The second-order valence-electron chi connectivity index (χ2n) is 9.58. The minimum Gasteiger partial charge on any atom is -0.481 e. The van der Waals surface area contributed by atoms with E-state index in [9.17, 15) is 24.3 Å². The summed E-state index contributed by atoms with van der Waals surface area (Å²) in [5.41, 5.74) is 9.78. The first-order valence-electron chi connectivity index (χ1n) is 12.9. The zero-order chi connectivity index (χ0) is 29.8. The van der Waals surface area contributed by atoms with Gasteiger partial charge in [-0.1, -0.05) is 36.4 Å². The number of nitrogens with two attached hydrogens (primary N) is 1. The molecule has 0 saturated carbocycles. The van der Waals surface area contributed by atoms with E-state index in [4.69, 9.17) is 5.73 Å². The van der Waals surface area contributed by atoms with Crippen LogP contribution >= 0.6 is 0 Å². The number of carboxylic acids is 1. The molecule has 0 spiro atoms. The van der Waals surface area contributed by atoms with Crippen LogP contribution in [0.15, 0.2) is 73.3 Å². The molecule has 2 atom stereocenters. The average molecular weight is 565 g/mol. The minimum atomic E-state index is -1.07. The third-order valence-electron chi connectivity index (χ3n) is 6.79. The molecule has 11 nitrogen and oxygen atoms in total. The summed E-state index contributed by atoms with van der Waals surface area (Å²) >= 11 is 0. The zero-order valence-corrected chi connectivity index (χ0v) is 22.3. The number of aromatic nitrogens is 4. The van der Waals surface area contributed by atoms with Crippen molar-refractivity contribution >= 4 is 34.5 Å². The normalized spacial score (nSPS) is 12.3. The quantitative estimate of drug-likeness (QED) is 0.169. The van der Waals surface area contributed by atoms with Gasteiger partial charge in [0, 0.05) is 18.0 Å². The van der Waals surface area contributed by atoms with Crippen LogP contribution < -0.4 is 16.4 Å². The van der Waals surface area contributed by atoms with Crippen LogP contribution in [-0.4, -0.2) is 36.9 Å². The SMILES string of the molecule is CC(NC(=O)c1cc(C#N)cnc1NC(CC(=O)O)c1ccc(-c2c[nH]c3ncnc(N)c23)cc1)c1ccc(F)cc1. The van der Waals surface area contributed by atoms with Gasteiger partial charge < -0.3 is 26.5 Å². The lowest BCUT2D eigenvalue weighted by molar-refractivity contribution is -0.137. The molecule has 0 radical (unpaired) electrons. The Morgan fingerprint density at radius 1 is 1.10 bits per heavy atom. The number of halogens is 1. The van der Waals surface area contributed by atoms with E-state index in [0.717, 1.165) is 11.1 Å². The molecule has 12 heteroatoms. The number of hydrogen-bond acceptors (Lipinski definition) is 8.